The molecular formula is C15H17NO2. The molecule has 0 radical (unpaired) electrons. The molecule has 2 aromatic rings. The number of nitrogens with one attached hydrogen (secondary N) is 1. The SMILES string of the molecule is COc1ccc(CNc2ccc(C)cc2O)cc1. The first-order chi connectivity index (χ1) is 8.69. The molecular weight excluding hydrogens is 226 g/mol. The molecule has 2 rings (SSSR count). The van der Waals surface area contributed by atoms with Gasteiger partial charge in [0.15, 0.2) is 0 Å². The first-order valence-corrected chi connectivity index (χ1v) is 5.85. The van der Waals surface area contributed by atoms with Gasteiger partial charge in [0.1, 0.15) is 11.5 Å². The van der Waals surface area contributed by atoms with Crippen LogP contribution in [-0.2, 0) is 6.54 Å². The standard InChI is InChI=1S/C15H17NO2/c1-11-3-8-14(15(17)9-11)16-10-12-4-6-13(18-2)7-5-12/h3-9,16-17H,10H2,1-2H3. The summed E-state index contributed by atoms with van der Waals surface area (Å²) in [5, 5.41) is 13.0. The van der Waals surface area contributed by atoms with E-state index in [1.165, 1.54) is 0 Å². The zero-order valence-corrected chi connectivity index (χ0v) is 10.6. The molecule has 0 aliphatic carbocycles. The molecule has 18 heavy (non-hydrogen) atoms. The van der Waals surface area contributed by atoms with Crippen LogP contribution in [0.2, 0.25) is 0 Å². The van der Waals surface area contributed by atoms with Gasteiger partial charge in [0.25, 0.3) is 0 Å². The number of benzene rings is 2. The summed E-state index contributed by atoms with van der Waals surface area (Å²) in [6, 6.07) is 13.4. The molecule has 3 nitrogen and oxygen atoms in total. The van der Waals surface area contributed by atoms with Crippen molar-refractivity contribution in [3.8, 4) is 11.5 Å². The van der Waals surface area contributed by atoms with Gasteiger partial charge in [-0.3, -0.25) is 0 Å². The van der Waals surface area contributed by atoms with Crippen LogP contribution in [0.3, 0.4) is 0 Å². The third-order valence-corrected chi connectivity index (χ3v) is 2.80. The van der Waals surface area contributed by atoms with Crippen LogP contribution in [0, 0.1) is 6.92 Å². The molecule has 0 bridgehead atoms. The number of aryl methyl sites for hydroxylation is 1. The molecule has 0 aliphatic rings. The number of hydrogen-bond acceptors (Lipinski definition) is 3. The minimum Gasteiger partial charge on any atom is -0.506 e. The molecule has 0 saturated carbocycles. The molecule has 2 aromatic carbocycles. The molecule has 94 valence electrons. The van der Waals surface area contributed by atoms with E-state index in [-0.39, 0.29) is 5.75 Å². The van der Waals surface area contributed by atoms with Crippen molar-refractivity contribution in [3.05, 3.63) is 53.6 Å². The van der Waals surface area contributed by atoms with Gasteiger partial charge in [0.05, 0.1) is 12.8 Å². The highest BCUT2D eigenvalue weighted by Gasteiger charge is 2.01. The lowest BCUT2D eigenvalue weighted by Gasteiger charge is -2.09. The fourth-order valence-corrected chi connectivity index (χ4v) is 1.73. The first kappa shape index (κ1) is 12.3. The Hall–Kier alpha value is -2.16. The van der Waals surface area contributed by atoms with Crippen LogP contribution in [0.4, 0.5) is 5.69 Å². The molecule has 0 saturated heterocycles. The lowest BCUT2D eigenvalue weighted by atomic mass is 10.2. The van der Waals surface area contributed by atoms with Crippen molar-refractivity contribution < 1.29 is 9.84 Å². The summed E-state index contributed by atoms with van der Waals surface area (Å²) in [6.45, 7) is 2.62. The van der Waals surface area contributed by atoms with Crippen molar-refractivity contribution in [1.82, 2.24) is 0 Å². The molecule has 0 aromatic heterocycles. The predicted molar refractivity (Wildman–Crippen MR) is 73.2 cm³/mol. The summed E-state index contributed by atoms with van der Waals surface area (Å²) in [5.41, 5.74) is 2.93. The number of methoxy groups -OCH3 is 1. The van der Waals surface area contributed by atoms with Gasteiger partial charge in [-0.2, -0.15) is 0 Å². The van der Waals surface area contributed by atoms with Crippen molar-refractivity contribution in [2.24, 2.45) is 0 Å². The smallest absolute Gasteiger partial charge is 0.138 e. The third kappa shape index (κ3) is 2.94. The zero-order valence-electron chi connectivity index (χ0n) is 10.6. The van der Waals surface area contributed by atoms with Gasteiger partial charge in [-0.25, -0.2) is 0 Å². The van der Waals surface area contributed by atoms with Crippen molar-refractivity contribution in [2.45, 2.75) is 13.5 Å². The maximum Gasteiger partial charge on any atom is 0.138 e. The second-order valence-electron chi connectivity index (χ2n) is 4.22. The van der Waals surface area contributed by atoms with Gasteiger partial charge in [-0.1, -0.05) is 18.2 Å². The minimum atomic E-state index is 0.281. The number of phenols is 1. The highest BCUT2D eigenvalue weighted by molar-refractivity contribution is 5.57. The van der Waals surface area contributed by atoms with E-state index in [9.17, 15) is 5.11 Å². The van der Waals surface area contributed by atoms with Crippen LogP contribution in [0.5, 0.6) is 11.5 Å². The van der Waals surface area contributed by atoms with E-state index >= 15 is 0 Å². The van der Waals surface area contributed by atoms with Crippen LogP contribution in [0.25, 0.3) is 0 Å². The lowest BCUT2D eigenvalue weighted by molar-refractivity contribution is 0.414. The van der Waals surface area contributed by atoms with E-state index in [0.29, 0.717) is 6.54 Å². The van der Waals surface area contributed by atoms with Crippen LogP contribution >= 0.6 is 0 Å². The quantitative estimate of drug-likeness (QED) is 0.809. The summed E-state index contributed by atoms with van der Waals surface area (Å²) >= 11 is 0. The van der Waals surface area contributed by atoms with Crippen LogP contribution in [0.15, 0.2) is 42.5 Å². The van der Waals surface area contributed by atoms with Gasteiger partial charge >= 0.3 is 0 Å². The number of hydrogen-bond donors (Lipinski definition) is 2. The summed E-state index contributed by atoms with van der Waals surface area (Å²) in [4.78, 5) is 0. The second kappa shape index (κ2) is 5.45. The molecule has 0 amide bonds. The van der Waals surface area contributed by atoms with Gasteiger partial charge in [-0.15, -0.1) is 0 Å². The average Bonchev–Trinajstić information content (AvgIpc) is 2.38. The highest BCUT2D eigenvalue weighted by atomic mass is 16.5. The van der Waals surface area contributed by atoms with E-state index in [1.54, 1.807) is 13.2 Å². The van der Waals surface area contributed by atoms with Crippen LogP contribution in [0.1, 0.15) is 11.1 Å². The monoisotopic (exact) mass is 243 g/mol. The maximum atomic E-state index is 9.77. The Morgan fingerprint density at radius 3 is 2.44 bits per heavy atom. The topological polar surface area (TPSA) is 41.5 Å². The number of aromatic hydroxyl groups is 1. The van der Waals surface area contributed by atoms with Crippen molar-refractivity contribution in [2.75, 3.05) is 12.4 Å². The summed E-state index contributed by atoms with van der Waals surface area (Å²) in [7, 11) is 1.65. The van der Waals surface area contributed by atoms with Gasteiger partial charge < -0.3 is 15.2 Å². The van der Waals surface area contributed by atoms with E-state index in [2.05, 4.69) is 5.32 Å². The molecule has 0 atom stereocenters. The summed E-state index contributed by atoms with van der Waals surface area (Å²) in [5.74, 6) is 1.13. The van der Waals surface area contributed by atoms with Gasteiger partial charge in [0.2, 0.25) is 0 Å². The van der Waals surface area contributed by atoms with Crippen molar-refractivity contribution in [3.63, 3.8) is 0 Å². The van der Waals surface area contributed by atoms with E-state index in [1.807, 2.05) is 43.3 Å². The summed E-state index contributed by atoms with van der Waals surface area (Å²) < 4.78 is 5.10. The fraction of sp³-hybridized carbons (Fsp3) is 0.200. The van der Waals surface area contributed by atoms with Gasteiger partial charge in [0, 0.05) is 6.54 Å². The molecule has 0 heterocycles. The largest absolute Gasteiger partial charge is 0.506 e. The van der Waals surface area contributed by atoms with Crippen LogP contribution < -0.4 is 10.1 Å². The van der Waals surface area contributed by atoms with E-state index in [4.69, 9.17) is 4.74 Å². The Morgan fingerprint density at radius 1 is 1.11 bits per heavy atom. The Labute approximate surface area is 107 Å². The van der Waals surface area contributed by atoms with Crippen molar-refractivity contribution >= 4 is 5.69 Å². The van der Waals surface area contributed by atoms with Gasteiger partial charge in [-0.05, 0) is 42.3 Å². The Bertz CT molecular complexity index is 521. The van der Waals surface area contributed by atoms with E-state index < -0.39 is 0 Å². The summed E-state index contributed by atoms with van der Waals surface area (Å²) in [6.07, 6.45) is 0. The zero-order chi connectivity index (χ0) is 13.0. The fourth-order valence-electron chi connectivity index (χ4n) is 1.73. The minimum absolute atomic E-state index is 0.281. The maximum absolute atomic E-state index is 9.77. The molecule has 0 unspecified atom stereocenters. The third-order valence-electron chi connectivity index (χ3n) is 2.80. The molecule has 0 aliphatic heterocycles. The highest BCUT2D eigenvalue weighted by Crippen LogP contribution is 2.24. The van der Waals surface area contributed by atoms with Crippen LogP contribution in [-0.4, -0.2) is 12.2 Å². The van der Waals surface area contributed by atoms with Crippen molar-refractivity contribution in [1.29, 1.82) is 0 Å². The lowest BCUT2D eigenvalue weighted by Crippen LogP contribution is -1.99. The number of phenolic OH excluding ortho intramolecular Hbond substituents is 1. The first-order valence-electron chi connectivity index (χ1n) is 5.85. The number of ether oxygens (including phenoxy) is 1. The van der Waals surface area contributed by atoms with E-state index in [0.717, 1.165) is 22.6 Å². The normalized spacial score (nSPS) is 10.1. The number of anilines is 1. The molecule has 0 spiro atoms. The predicted octanol–water partition coefficient (Wildman–Crippen LogP) is 3.32. The Morgan fingerprint density at radius 2 is 1.83 bits per heavy atom. The molecule has 2 N–H and O–H groups in total. The Balaban J connectivity index is 2.02. The number of rotatable bonds is 4. The molecule has 3 heteroatoms. The molecule has 0 fully saturated rings. The Kier molecular flexibility index (Phi) is 3.72. The average molecular weight is 243 g/mol. The second-order valence-corrected chi connectivity index (χ2v) is 4.22.